The van der Waals surface area contributed by atoms with Crippen LogP contribution in [0.1, 0.15) is 35.7 Å². The number of rotatable bonds is 5. The van der Waals surface area contributed by atoms with E-state index >= 15 is 0 Å². The molecule has 154 valence electrons. The van der Waals surface area contributed by atoms with Gasteiger partial charge < -0.3 is 19.9 Å². The van der Waals surface area contributed by atoms with E-state index in [4.69, 9.17) is 9.26 Å². The summed E-state index contributed by atoms with van der Waals surface area (Å²) in [5.41, 5.74) is 0.855. The van der Waals surface area contributed by atoms with Crippen molar-refractivity contribution < 1.29 is 22.4 Å². The molecule has 2 atom stereocenters. The van der Waals surface area contributed by atoms with E-state index in [0.717, 1.165) is 19.4 Å². The van der Waals surface area contributed by atoms with Gasteiger partial charge in [0.2, 0.25) is 0 Å². The molecule has 1 saturated heterocycles. The van der Waals surface area contributed by atoms with Gasteiger partial charge in [0.05, 0.1) is 12.5 Å². The highest BCUT2D eigenvalue weighted by Crippen LogP contribution is 2.37. The van der Waals surface area contributed by atoms with E-state index in [1.807, 2.05) is 18.2 Å². The van der Waals surface area contributed by atoms with Gasteiger partial charge in [-0.3, -0.25) is 0 Å². The van der Waals surface area contributed by atoms with Crippen LogP contribution in [0.3, 0.4) is 0 Å². The first-order chi connectivity index (χ1) is 14.0. The van der Waals surface area contributed by atoms with E-state index in [0.29, 0.717) is 17.9 Å². The van der Waals surface area contributed by atoms with Gasteiger partial charge in [0.1, 0.15) is 5.75 Å². The van der Waals surface area contributed by atoms with Crippen LogP contribution in [0, 0.1) is 0 Å². The molecule has 0 saturated carbocycles. The van der Waals surface area contributed by atoms with Crippen LogP contribution in [0.5, 0.6) is 5.75 Å². The zero-order valence-corrected chi connectivity index (χ0v) is 15.9. The highest BCUT2D eigenvalue weighted by molar-refractivity contribution is 5.82. The first-order valence-corrected chi connectivity index (χ1v) is 9.52. The van der Waals surface area contributed by atoms with Gasteiger partial charge in [-0.2, -0.15) is 13.2 Å². The number of halogens is 3. The zero-order valence-electron chi connectivity index (χ0n) is 15.9. The fraction of sp³-hybridized carbons (Fsp3) is 0.381. The van der Waals surface area contributed by atoms with Crippen LogP contribution in [0.25, 0.3) is 11.0 Å². The van der Waals surface area contributed by atoms with Gasteiger partial charge in [-0.1, -0.05) is 35.5 Å². The average Bonchev–Trinajstić information content (AvgIpc) is 3.15. The molecule has 0 bridgehead atoms. The van der Waals surface area contributed by atoms with Crippen molar-refractivity contribution in [2.24, 2.45) is 0 Å². The minimum absolute atomic E-state index is 0.0550. The van der Waals surface area contributed by atoms with Crippen molar-refractivity contribution in [2.45, 2.75) is 37.6 Å². The third-order valence-corrected chi connectivity index (χ3v) is 5.31. The first kappa shape index (κ1) is 19.7. The molecule has 4 rings (SSSR count). The van der Waals surface area contributed by atoms with E-state index in [2.05, 4.69) is 27.9 Å². The minimum atomic E-state index is -4.57. The molecule has 2 unspecified atom stereocenters. The Kier molecular flexibility index (Phi) is 5.47. The number of fused-ring (bicyclic) bond motifs is 1. The van der Waals surface area contributed by atoms with Gasteiger partial charge in [-0.15, -0.1) is 0 Å². The Morgan fingerprint density at radius 3 is 2.76 bits per heavy atom. The number of hydrogen-bond donors (Lipinski definition) is 2. The van der Waals surface area contributed by atoms with Gasteiger partial charge in [0.15, 0.2) is 11.3 Å². The number of nitrogens with one attached hydrogen (secondary N) is 2. The molecule has 0 spiro atoms. The number of nitrogens with zero attached hydrogens (tertiary/aromatic N) is 1. The summed E-state index contributed by atoms with van der Waals surface area (Å²) in [4.78, 5) is 0. The third-order valence-electron chi connectivity index (χ3n) is 5.31. The maximum absolute atomic E-state index is 13.2. The number of piperidine rings is 1. The molecule has 0 amide bonds. The zero-order chi connectivity index (χ0) is 20.4. The molecular weight excluding hydrogens is 383 g/mol. The Morgan fingerprint density at radius 1 is 1.24 bits per heavy atom. The first-order valence-electron chi connectivity index (χ1n) is 9.52. The molecule has 5 nitrogen and oxygen atoms in total. The fourth-order valence-corrected chi connectivity index (χ4v) is 3.90. The Hall–Kier alpha value is -2.58. The second-order valence-electron chi connectivity index (χ2n) is 7.16. The van der Waals surface area contributed by atoms with Crippen LogP contribution in [0.4, 0.5) is 13.2 Å². The van der Waals surface area contributed by atoms with Crippen molar-refractivity contribution in [3.63, 3.8) is 0 Å². The van der Waals surface area contributed by atoms with E-state index in [1.165, 1.54) is 24.8 Å². The summed E-state index contributed by atoms with van der Waals surface area (Å²) < 4.78 is 49.8. The number of ether oxygens (including phenoxy) is 1. The predicted octanol–water partition coefficient (Wildman–Crippen LogP) is 4.44. The Balaban J connectivity index is 1.59. The van der Waals surface area contributed by atoms with Gasteiger partial charge >= 0.3 is 6.18 Å². The SMILES string of the molecule is COc1cc2onc(C(F)(F)F)c2cc1CNC1CCCNC1c1ccccc1. The molecule has 1 aliphatic rings. The summed E-state index contributed by atoms with van der Waals surface area (Å²) in [6.45, 7) is 1.31. The molecule has 2 N–H and O–H groups in total. The van der Waals surface area contributed by atoms with Crippen LogP contribution in [-0.4, -0.2) is 24.9 Å². The van der Waals surface area contributed by atoms with Crippen molar-refractivity contribution in [1.29, 1.82) is 0 Å². The topological polar surface area (TPSA) is 59.3 Å². The van der Waals surface area contributed by atoms with Crippen molar-refractivity contribution in [1.82, 2.24) is 15.8 Å². The summed E-state index contributed by atoms with van der Waals surface area (Å²) in [7, 11) is 1.49. The van der Waals surface area contributed by atoms with Crippen molar-refractivity contribution in [3.05, 3.63) is 59.3 Å². The molecule has 2 aromatic carbocycles. The van der Waals surface area contributed by atoms with Crippen LogP contribution in [0.15, 0.2) is 47.0 Å². The summed E-state index contributed by atoms with van der Waals surface area (Å²) in [6, 6.07) is 13.3. The van der Waals surface area contributed by atoms with Gasteiger partial charge in [-0.05, 0) is 31.0 Å². The highest BCUT2D eigenvalue weighted by atomic mass is 19.4. The molecule has 1 aliphatic heterocycles. The molecule has 1 fully saturated rings. The monoisotopic (exact) mass is 405 g/mol. The lowest BCUT2D eigenvalue weighted by Crippen LogP contribution is -2.45. The van der Waals surface area contributed by atoms with Gasteiger partial charge in [0.25, 0.3) is 0 Å². The van der Waals surface area contributed by atoms with Crippen molar-refractivity contribution in [3.8, 4) is 5.75 Å². The molecule has 0 radical (unpaired) electrons. The third kappa shape index (κ3) is 4.09. The fourth-order valence-electron chi connectivity index (χ4n) is 3.90. The van der Waals surface area contributed by atoms with Crippen LogP contribution in [0.2, 0.25) is 0 Å². The van der Waals surface area contributed by atoms with Crippen molar-refractivity contribution in [2.75, 3.05) is 13.7 Å². The predicted molar refractivity (Wildman–Crippen MR) is 103 cm³/mol. The molecule has 0 aliphatic carbocycles. The number of methoxy groups -OCH3 is 1. The van der Waals surface area contributed by atoms with Crippen LogP contribution < -0.4 is 15.4 Å². The summed E-state index contributed by atoms with van der Waals surface area (Å²) in [5.74, 6) is 0.468. The van der Waals surface area contributed by atoms with E-state index < -0.39 is 11.9 Å². The molecule has 29 heavy (non-hydrogen) atoms. The van der Waals surface area contributed by atoms with Gasteiger partial charge in [-0.25, -0.2) is 0 Å². The molecule has 8 heteroatoms. The van der Waals surface area contributed by atoms with Crippen LogP contribution >= 0.6 is 0 Å². The Morgan fingerprint density at radius 2 is 2.03 bits per heavy atom. The normalized spacial score (nSPS) is 20.1. The lowest BCUT2D eigenvalue weighted by atomic mass is 9.92. The smallest absolute Gasteiger partial charge is 0.437 e. The lowest BCUT2D eigenvalue weighted by molar-refractivity contribution is -0.141. The summed E-state index contributed by atoms with van der Waals surface area (Å²) in [6.07, 6.45) is -2.57. The number of hydrogen-bond acceptors (Lipinski definition) is 5. The standard InChI is InChI=1S/C21H22F3N3O2/c1-28-17-11-18-15(20(27-29-18)21(22,23)24)10-14(17)12-26-16-8-5-9-25-19(16)13-6-3-2-4-7-13/h2-4,6-7,10-11,16,19,25-26H,5,8-9,12H2,1H3. The molecule has 2 heterocycles. The highest BCUT2D eigenvalue weighted by Gasteiger charge is 2.37. The summed E-state index contributed by atoms with van der Waals surface area (Å²) in [5, 5.41) is 10.2. The maximum atomic E-state index is 13.2. The quantitative estimate of drug-likeness (QED) is 0.657. The largest absolute Gasteiger partial charge is 0.496 e. The van der Waals surface area contributed by atoms with Crippen LogP contribution in [-0.2, 0) is 12.7 Å². The van der Waals surface area contributed by atoms with E-state index in [9.17, 15) is 13.2 Å². The van der Waals surface area contributed by atoms with E-state index in [-0.39, 0.29) is 23.1 Å². The lowest BCUT2D eigenvalue weighted by Gasteiger charge is -2.34. The Labute approximate surface area is 166 Å². The Bertz CT molecular complexity index is 972. The number of benzene rings is 2. The average molecular weight is 405 g/mol. The second kappa shape index (κ2) is 8.04. The molecule has 1 aromatic heterocycles. The molecule has 3 aromatic rings. The van der Waals surface area contributed by atoms with Crippen molar-refractivity contribution >= 4 is 11.0 Å². The van der Waals surface area contributed by atoms with Gasteiger partial charge in [0, 0.05) is 30.3 Å². The number of aromatic nitrogens is 1. The second-order valence-corrected chi connectivity index (χ2v) is 7.16. The molecular formula is C21H22F3N3O2. The minimum Gasteiger partial charge on any atom is -0.496 e. The summed E-state index contributed by atoms with van der Waals surface area (Å²) >= 11 is 0. The van der Waals surface area contributed by atoms with E-state index in [1.54, 1.807) is 0 Å². The number of alkyl halides is 3. The maximum Gasteiger partial charge on any atom is 0.437 e.